The lowest BCUT2D eigenvalue weighted by atomic mass is 10.1. The van der Waals surface area contributed by atoms with Crippen molar-refractivity contribution in [2.24, 2.45) is 0 Å². The van der Waals surface area contributed by atoms with E-state index in [4.69, 9.17) is 16.7 Å². The van der Waals surface area contributed by atoms with Crippen LogP contribution < -0.4 is 16.2 Å². The number of aryl methyl sites for hydroxylation is 2. The quantitative estimate of drug-likeness (QED) is 0.337. The van der Waals surface area contributed by atoms with E-state index < -0.39 is 11.7 Å². The fraction of sp³-hybridized carbons (Fsp3) is 0.238. The van der Waals surface area contributed by atoms with Gasteiger partial charge in [-0.05, 0) is 55.9 Å². The summed E-state index contributed by atoms with van der Waals surface area (Å²) in [6.07, 6.45) is -4.47. The summed E-state index contributed by atoms with van der Waals surface area (Å²) in [7, 11) is 0. The van der Waals surface area contributed by atoms with Gasteiger partial charge in [-0.2, -0.15) is 18.2 Å². The molecule has 0 saturated carbocycles. The van der Waals surface area contributed by atoms with Gasteiger partial charge in [0.1, 0.15) is 0 Å². The molecular formula is C21H20F3N5O2S2. The monoisotopic (exact) mass is 495 g/mol. The second-order valence-electron chi connectivity index (χ2n) is 7.03. The number of thioether (sulfide) groups is 1. The Labute approximate surface area is 197 Å². The summed E-state index contributed by atoms with van der Waals surface area (Å²) in [6, 6.07) is 10.5. The number of benzene rings is 2. The summed E-state index contributed by atoms with van der Waals surface area (Å²) in [6.45, 7) is 3.94. The van der Waals surface area contributed by atoms with Crippen LogP contribution in [0.15, 0.2) is 47.0 Å². The number of halogens is 3. The van der Waals surface area contributed by atoms with Gasteiger partial charge >= 0.3 is 6.18 Å². The number of carbonyl (C=O) groups excluding carboxylic acids is 1. The summed E-state index contributed by atoms with van der Waals surface area (Å²) in [4.78, 5) is 16.1. The molecule has 7 nitrogen and oxygen atoms in total. The van der Waals surface area contributed by atoms with Crippen molar-refractivity contribution in [2.75, 3.05) is 11.1 Å². The number of nitrogens with zero attached hydrogens (tertiary/aromatic N) is 2. The van der Waals surface area contributed by atoms with Crippen LogP contribution in [0, 0.1) is 13.8 Å². The summed E-state index contributed by atoms with van der Waals surface area (Å²) in [5, 5.41) is 6.99. The Hall–Kier alpha value is -3.12. The molecule has 0 aliphatic rings. The zero-order valence-corrected chi connectivity index (χ0v) is 19.2. The van der Waals surface area contributed by atoms with Gasteiger partial charge in [-0.15, -0.1) is 11.8 Å². The molecule has 0 spiro atoms. The molecule has 0 fully saturated rings. The molecule has 0 aliphatic heterocycles. The van der Waals surface area contributed by atoms with Crippen LogP contribution in [-0.4, -0.2) is 26.9 Å². The van der Waals surface area contributed by atoms with E-state index in [0.717, 1.165) is 28.9 Å². The Morgan fingerprint density at radius 2 is 1.94 bits per heavy atom. The third-order valence-corrected chi connectivity index (χ3v) is 5.45. The molecule has 0 bridgehead atoms. The minimum Gasteiger partial charge on any atom is -0.334 e. The maximum Gasteiger partial charge on any atom is 0.416 e. The van der Waals surface area contributed by atoms with E-state index in [2.05, 4.69) is 26.3 Å². The average Bonchev–Trinajstić information content (AvgIpc) is 3.23. The molecule has 3 N–H and O–H groups in total. The highest BCUT2D eigenvalue weighted by molar-refractivity contribution is 7.99. The Morgan fingerprint density at radius 1 is 1.15 bits per heavy atom. The molecule has 12 heteroatoms. The number of alkyl halides is 3. The molecule has 2 aromatic carbocycles. The summed E-state index contributed by atoms with van der Waals surface area (Å²) in [5.41, 5.74) is 7.46. The van der Waals surface area contributed by atoms with Gasteiger partial charge in [0.2, 0.25) is 5.91 Å². The van der Waals surface area contributed by atoms with E-state index in [0.29, 0.717) is 0 Å². The maximum absolute atomic E-state index is 12.9. The molecule has 0 unspecified atom stereocenters. The van der Waals surface area contributed by atoms with E-state index in [1.807, 2.05) is 32.0 Å². The number of rotatable bonds is 6. The number of anilines is 1. The highest BCUT2D eigenvalue weighted by atomic mass is 32.2. The third-order valence-electron chi connectivity index (χ3n) is 4.31. The summed E-state index contributed by atoms with van der Waals surface area (Å²) in [5.74, 6) is 0.227. The maximum atomic E-state index is 12.9. The predicted octanol–water partition coefficient (Wildman–Crippen LogP) is 4.62. The van der Waals surface area contributed by atoms with Gasteiger partial charge in [0.05, 0.1) is 17.1 Å². The number of thiocarbonyl (C=S) groups is 1. The van der Waals surface area contributed by atoms with Crippen LogP contribution in [0.5, 0.6) is 0 Å². The minimum atomic E-state index is -4.47. The van der Waals surface area contributed by atoms with Gasteiger partial charge in [-0.25, -0.2) is 0 Å². The van der Waals surface area contributed by atoms with E-state index in [1.165, 1.54) is 23.9 Å². The van der Waals surface area contributed by atoms with E-state index >= 15 is 0 Å². The van der Waals surface area contributed by atoms with Crippen LogP contribution in [0.4, 0.5) is 18.9 Å². The van der Waals surface area contributed by atoms with Crippen molar-refractivity contribution < 1.29 is 22.5 Å². The Balaban J connectivity index is 1.43. The van der Waals surface area contributed by atoms with Gasteiger partial charge in [0.15, 0.2) is 10.9 Å². The van der Waals surface area contributed by atoms with Crippen LogP contribution in [0.3, 0.4) is 0 Å². The highest BCUT2D eigenvalue weighted by Gasteiger charge is 2.30. The molecule has 3 aromatic rings. The van der Waals surface area contributed by atoms with Crippen molar-refractivity contribution in [1.29, 1.82) is 0 Å². The molecule has 33 heavy (non-hydrogen) atoms. The lowest BCUT2D eigenvalue weighted by Gasteiger charge is -2.13. The molecule has 1 aromatic heterocycles. The smallest absolute Gasteiger partial charge is 0.334 e. The molecule has 3 rings (SSSR count). The van der Waals surface area contributed by atoms with E-state index in [9.17, 15) is 18.0 Å². The largest absolute Gasteiger partial charge is 0.416 e. The molecule has 174 valence electrons. The normalized spacial score (nSPS) is 11.2. The molecule has 0 saturated heterocycles. The van der Waals surface area contributed by atoms with Crippen molar-refractivity contribution >= 4 is 40.7 Å². The van der Waals surface area contributed by atoms with Crippen LogP contribution in [0.2, 0.25) is 0 Å². The van der Waals surface area contributed by atoms with Gasteiger partial charge < -0.3 is 9.84 Å². The third kappa shape index (κ3) is 7.19. The Bertz CT molecular complexity index is 1150. The van der Waals surface area contributed by atoms with E-state index in [1.54, 1.807) is 0 Å². The fourth-order valence-corrected chi connectivity index (χ4v) is 3.58. The molecule has 0 atom stereocenters. The van der Waals surface area contributed by atoms with Gasteiger partial charge in [0, 0.05) is 11.3 Å². The lowest BCUT2D eigenvalue weighted by Crippen LogP contribution is -2.44. The fourth-order valence-electron chi connectivity index (χ4n) is 2.76. The minimum absolute atomic E-state index is 0.0226. The van der Waals surface area contributed by atoms with Crippen molar-refractivity contribution in [1.82, 2.24) is 21.0 Å². The number of aromatic nitrogens is 2. The zero-order chi connectivity index (χ0) is 24.0. The molecule has 0 aliphatic carbocycles. The second kappa shape index (κ2) is 10.7. The first-order valence-electron chi connectivity index (χ1n) is 9.63. The summed E-state index contributed by atoms with van der Waals surface area (Å²) < 4.78 is 43.6. The van der Waals surface area contributed by atoms with Gasteiger partial charge in [-0.1, -0.05) is 28.9 Å². The molecular weight excluding hydrogens is 475 g/mol. The number of carbonyl (C=O) groups is 1. The van der Waals surface area contributed by atoms with Crippen molar-refractivity contribution in [2.45, 2.75) is 25.8 Å². The van der Waals surface area contributed by atoms with Crippen molar-refractivity contribution in [3.8, 4) is 11.5 Å². The Kier molecular flexibility index (Phi) is 7.92. The first-order valence-corrected chi connectivity index (χ1v) is 11.2. The van der Waals surface area contributed by atoms with Gasteiger partial charge in [0.25, 0.3) is 5.89 Å². The first-order chi connectivity index (χ1) is 15.6. The predicted molar refractivity (Wildman–Crippen MR) is 124 cm³/mol. The van der Waals surface area contributed by atoms with Gasteiger partial charge in [-0.3, -0.25) is 15.6 Å². The number of hydrogen-bond acceptors (Lipinski definition) is 6. The molecule has 0 radical (unpaired) electrons. The highest BCUT2D eigenvalue weighted by Crippen LogP contribution is 2.31. The van der Waals surface area contributed by atoms with Crippen LogP contribution in [0.1, 0.15) is 22.5 Å². The first kappa shape index (κ1) is 24.5. The topological polar surface area (TPSA) is 92.1 Å². The standard InChI is InChI=1S/C21H20F3N5O2S2/c1-12-6-7-16(13(2)8-12)25-20(32)28-27-18(30)11-33-10-17-26-19(31-29-17)14-4-3-5-15(9-14)21(22,23)24/h3-9H,10-11H2,1-2H3,(H,27,30)(H2,25,28,32). The lowest BCUT2D eigenvalue weighted by molar-refractivity contribution is -0.137. The number of nitrogens with one attached hydrogen (secondary N) is 3. The number of hydrazine groups is 1. The van der Waals surface area contributed by atoms with Crippen LogP contribution in [-0.2, 0) is 16.7 Å². The van der Waals surface area contributed by atoms with E-state index in [-0.39, 0.29) is 39.8 Å². The van der Waals surface area contributed by atoms with Crippen LogP contribution in [0.25, 0.3) is 11.5 Å². The number of hydrogen-bond donors (Lipinski definition) is 3. The van der Waals surface area contributed by atoms with Crippen LogP contribution >= 0.6 is 24.0 Å². The second-order valence-corrected chi connectivity index (χ2v) is 8.43. The van der Waals surface area contributed by atoms with Crippen molar-refractivity contribution in [3.63, 3.8) is 0 Å². The Morgan fingerprint density at radius 3 is 2.67 bits per heavy atom. The zero-order valence-electron chi connectivity index (χ0n) is 17.6. The summed E-state index contributed by atoms with van der Waals surface area (Å²) >= 11 is 6.38. The average molecular weight is 496 g/mol. The molecule has 1 heterocycles. The van der Waals surface area contributed by atoms with Crippen molar-refractivity contribution in [3.05, 3.63) is 65.0 Å². The SMILES string of the molecule is Cc1ccc(NC(=S)NNC(=O)CSCc2noc(-c3cccc(C(F)(F)F)c3)n2)c(C)c1. The molecule has 1 amide bonds. The number of amides is 1.